The van der Waals surface area contributed by atoms with Crippen molar-refractivity contribution in [1.29, 1.82) is 0 Å². The van der Waals surface area contributed by atoms with Gasteiger partial charge in [-0.15, -0.1) is 0 Å². The normalized spacial score (nSPS) is 11.2. The lowest BCUT2D eigenvalue weighted by Crippen LogP contribution is -2.10. The Morgan fingerprint density at radius 3 is 2.16 bits per heavy atom. The Bertz CT molecular complexity index is 836. The van der Waals surface area contributed by atoms with E-state index in [0.29, 0.717) is 5.95 Å². The second kappa shape index (κ2) is 6.89. The van der Waals surface area contributed by atoms with Gasteiger partial charge in [0.05, 0.1) is 5.69 Å². The first-order valence-electron chi connectivity index (χ1n) is 8.30. The molecular weight excluding hydrogens is 310 g/mol. The minimum Gasteiger partial charge on any atom is -0.357 e. The van der Waals surface area contributed by atoms with Crippen LogP contribution < -0.4 is 10.6 Å². The number of pyridine rings is 1. The summed E-state index contributed by atoms with van der Waals surface area (Å²) in [7, 11) is 1.81. The molecule has 0 amide bonds. The lowest BCUT2D eigenvalue weighted by Gasteiger charge is -2.19. The summed E-state index contributed by atoms with van der Waals surface area (Å²) in [5.41, 5.74) is 4.28. The standard InChI is InChI=1S/C20H23N5/c1-20(2,3)15-5-7-16(8-6-15)23-18-13-17(24-19(21-4)25-18)14-9-11-22-12-10-14/h5-13H,1-4H3,(H2,21,23,24,25). The van der Waals surface area contributed by atoms with Crippen LogP contribution in [0.25, 0.3) is 11.3 Å². The van der Waals surface area contributed by atoms with Gasteiger partial charge in [0.1, 0.15) is 5.82 Å². The van der Waals surface area contributed by atoms with E-state index in [4.69, 9.17) is 0 Å². The summed E-state index contributed by atoms with van der Waals surface area (Å²) >= 11 is 0. The highest BCUT2D eigenvalue weighted by Crippen LogP contribution is 2.26. The number of nitrogens with one attached hydrogen (secondary N) is 2. The van der Waals surface area contributed by atoms with Crippen molar-refractivity contribution >= 4 is 17.5 Å². The van der Waals surface area contributed by atoms with Gasteiger partial charge in [0.25, 0.3) is 0 Å². The molecule has 2 aromatic heterocycles. The Labute approximate surface area is 148 Å². The van der Waals surface area contributed by atoms with Crippen LogP contribution in [0.2, 0.25) is 0 Å². The molecular formula is C20H23N5. The van der Waals surface area contributed by atoms with Crippen molar-refractivity contribution in [2.24, 2.45) is 0 Å². The first kappa shape index (κ1) is 16.9. The van der Waals surface area contributed by atoms with E-state index in [9.17, 15) is 0 Å². The average Bonchev–Trinajstić information content (AvgIpc) is 2.62. The van der Waals surface area contributed by atoms with Crippen molar-refractivity contribution < 1.29 is 0 Å². The number of hydrogen-bond donors (Lipinski definition) is 2. The van der Waals surface area contributed by atoms with Crippen LogP contribution in [0.3, 0.4) is 0 Å². The molecule has 3 aromatic rings. The fourth-order valence-electron chi connectivity index (χ4n) is 2.50. The predicted octanol–water partition coefficient (Wildman–Crippen LogP) is 4.62. The molecule has 1 aromatic carbocycles. The zero-order valence-corrected chi connectivity index (χ0v) is 15.0. The largest absolute Gasteiger partial charge is 0.357 e. The van der Waals surface area contributed by atoms with Crippen LogP contribution in [-0.2, 0) is 5.41 Å². The van der Waals surface area contributed by atoms with E-state index in [1.54, 1.807) is 12.4 Å². The van der Waals surface area contributed by atoms with Crippen LogP contribution in [0.1, 0.15) is 26.3 Å². The summed E-state index contributed by atoms with van der Waals surface area (Å²) in [5.74, 6) is 1.32. The van der Waals surface area contributed by atoms with Gasteiger partial charge >= 0.3 is 0 Å². The maximum Gasteiger partial charge on any atom is 0.224 e. The average molecular weight is 333 g/mol. The van der Waals surface area contributed by atoms with Crippen molar-refractivity contribution in [1.82, 2.24) is 15.0 Å². The van der Waals surface area contributed by atoms with E-state index >= 15 is 0 Å². The summed E-state index contributed by atoms with van der Waals surface area (Å²) in [6, 6.07) is 14.3. The van der Waals surface area contributed by atoms with Gasteiger partial charge in [-0.25, -0.2) is 4.98 Å². The van der Waals surface area contributed by atoms with Crippen LogP contribution in [0.5, 0.6) is 0 Å². The summed E-state index contributed by atoms with van der Waals surface area (Å²) in [4.78, 5) is 13.1. The summed E-state index contributed by atoms with van der Waals surface area (Å²) < 4.78 is 0. The summed E-state index contributed by atoms with van der Waals surface area (Å²) in [6.07, 6.45) is 3.52. The minimum atomic E-state index is 0.140. The maximum absolute atomic E-state index is 4.52. The molecule has 5 nitrogen and oxygen atoms in total. The van der Waals surface area contributed by atoms with Gasteiger partial charge in [0, 0.05) is 36.8 Å². The number of aromatic nitrogens is 3. The molecule has 5 heteroatoms. The highest BCUT2D eigenvalue weighted by Gasteiger charge is 2.13. The molecule has 25 heavy (non-hydrogen) atoms. The van der Waals surface area contributed by atoms with E-state index in [1.807, 2.05) is 25.2 Å². The number of nitrogens with zero attached hydrogens (tertiary/aromatic N) is 3. The number of anilines is 3. The first-order chi connectivity index (χ1) is 12.0. The second-order valence-electron chi connectivity index (χ2n) is 6.90. The molecule has 0 bridgehead atoms. The number of rotatable bonds is 4. The van der Waals surface area contributed by atoms with Crippen molar-refractivity contribution in [2.75, 3.05) is 17.7 Å². The third-order valence-electron chi connectivity index (χ3n) is 3.95. The molecule has 3 rings (SSSR count). The molecule has 0 atom stereocenters. The Hall–Kier alpha value is -2.95. The van der Waals surface area contributed by atoms with Gasteiger partial charge in [-0.3, -0.25) is 4.98 Å². The van der Waals surface area contributed by atoms with Crippen molar-refractivity contribution in [3.05, 3.63) is 60.4 Å². The van der Waals surface area contributed by atoms with E-state index in [-0.39, 0.29) is 5.41 Å². The summed E-state index contributed by atoms with van der Waals surface area (Å²) in [5, 5.41) is 6.38. The molecule has 0 saturated heterocycles. The maximum atomic E-state index is 4.52. The molecule has 2 heterocycles. The topological polar surface area (TPSA) is 62.7 Å². The monoisotopic (exact) mass is 333 g/mol. The van der Waals surface area contributed by atoms with Crippen molar-refractivity contribution in [2.45, 2.75) is 26.2 Å². The first-order valence-corrected chi connectivity index (χ1v) is 8.30. The highest BCUT2D eigenvalue weighted by molar-refractivity contribution is 5.67. The van der Waals surface area contributed by atoms with Gasteiger partial charge in [-0.2, -0.15) is 4.98 Å². The zero-order valence-electron chi connectivity index (χ0n) is 15.0. The molecule has 0 radical (unpaired) electrons. The van der Waals surface area contributed by atoms with Crippen LogP contribution in [0.4, 0.5) is 17.5 Å². The second-order valence-corrected chi connectivity index (χ2v) is 6.90. The third-order valence-corrected chi connectivity index (χ3v) is 3.95. The molecule has 0 aliphatic heterocycles. The fraction of sp³-hybridized carbons (Fsp3) is 0.250. The molecule has 0 aliphatic rings. The number of benzene rings is 1. The molecule has 0 aliphatic carbocycles. The minimum absolute atomic E-state index is 0.140. The van der Waals surface area contributed by atoms with Crippen LogP contribution in [0, 0.1) is 0 Å². The van der Waals surface area contributed by atoms with Crippen LogP contribution >= 0.6 is 0 Å². The lowest BCUT2D eigenvalue weighted by atomic mass is 9.87. The zero-order chi connectivity index (χ0) is 17.9. The van der Waals surface area contributed by atoms with E-state index in [0.717, 1.165) is 22.8 Å². The van der Waals surface area contributed by atoms with Gasteiger partial charge < -0.3 is 10.6 Å². The highest BCUT2D eigenvalue weighted by atomic mass is 15.1. The fourth-order valence-corrected chi connectivity index (χ4v) is 2.50. The summed E-state index contributed by atoms with van der Waals surface area (Å²) in [6.45, 7) is 6.63. The lowest BCUT2D eigenvalue weighted by molar-refractivity contribution is 0.590. The van der Waals surface area contributed by atoms with Crippen molar-refractivity contribution in [3.8, 4) is 11.3 Å². The molecule has 0 unspecified atom stereocenters. The van der Waals surface area contributed by atoms with E-state index < -0.39 is 0 Å². The van der Waals surface area contributed by atoms with Crippen LogP contribution in [0.15, 0.2) is 54.9 Å². The molecule has 0 spiro atoms. The van der Waals surface area contributed by atoms with Crippen molar-refractivity contribution in [3.63, 3.8) is 0 Å². The number of hydrogen-bond acceptors (Lipinski definition) is 5. The molecule has 0 fully saturated rings. The van der Waals surface area contributed by atoms with Gasteiger partial charge in [-0.05, 0) is 35.2 Å². The van der Waals surface area contributed by atoms with E-state index in [1.165, 1.54) is 5.56 Å². The third kappa shape index (κ3) is 4.12. The van der Waals surface area contributed by atoms with E-state index in [2.05, 4.69) is 70.6 Å². The van der Waals surface area contributed by atoms with Gasteiger partial charge in [-0.1, -0.05) is 32.9 Å². The van der Waals surface area contributed by atoms with Crippen LogP contribution in [-0.4, -0.2) is 22.0 Å². The molecule has 2 N–H and O–H groups in total. The van der Waals surface area contributed by atoms with Gasteiger partial charge in [0.15, 0.2) is 0 Å². The Morgan fingerprint density at radius 1 is 0.880 bits per heavy atom. The Balaban J connectivity index is 1.89. The molecule has 128 valence electrons. The Morgan fingerprint density at radius 2 is 1.56 bits per heavy atom. The molecule has 0 saturated carbocycles. The predicted molar refractivity (Wildman–Crippen MR) is 103 cm³/mol. The Kier molecular flexibility index (Phi) is 4.65. The van der Waals surface area contributed by atoms with Gasteiger partial charge in [0.2, 0.25) is 5.95 Å². The quantitative estimate of drug-likeness (QED) is 0.729. The smallest absolute Gasteiger partial charge is 0.224 e. The SMILES string of the molecule is CNc1nc(Nc2ccc(C(C)(C)C)cc2)cc(-c2ccncc2)n1.